The van der Waals surface area contributed by atoms with Crippen LogP contribution in [-0.4, -0.2) is 22.9 Å². The number of phenolic OH excluding ortho intramolecular Hbond substituents is 2. The van der Waals surface area contributed by atoms with E-state index in [0.717, 1.165) is 11.3 Å². The minimum absolute atomic E-state index is 0.0710. The summed E-state index contributed by atoms with van der Waals surface area (Å²) in [6, 6.07) is 5.05. The first-order chi connectivity index (χ1) is 10.5. The van der Waals surface area contributed by atoms with Gasteiger partial charge in [0.1, 0.15) is 17.9 Å². The Morgan fingerprint density at radius 3 is 2.82 bits per heavy atom. The number of nitrogens with one attached hydrogen (secondary N) is 1. The second-order valence-electron chi connectivity index (χ2n) is 5.39. The number of hydrogen-bond donors (Lipinski definition) is 4. The van der Waals surface area contributed by atoms with Crippen molar-refractivity contribution in [2.24, 2.45) is 11.7 Å². The minimum atomic E-state index is -0.303. The largest absolute Gasteiger partial charge is 0.504 e. The standard InChI is InChI=1S/C16H17N3O3/c1-2-19-16-9-3-8-4-12(20)13(21)6-14(8)22-15(9)5-11(18)10(16)7-17/h4-6,9,15,19-21H,2-3,18H2,1H3. The van der Waals surface area contributed by atoms with Crippen LogP contribution in [0.5, 0.6) is 17.2 Å². The lowest BCUT2D eigenvalue weighted by Crippen LogP contribution is -2.41. The zero-order chi connectivity index (χ0) is 15.9. The molecule has 0 radical (unpaired) electrons. The number of aromatic hydroxyl groups is 2. The zero-order valence-electron chi connectivity index (χ0n) is 12.1. The molecule has 2 aliphatic rings. The summed E-state index contributed by atoms with van der Waals surface area (Å²) in [7, 11) is 0. The van der Waals surface area contributed by atoms with Crippen LogP contribution in [0.4, 0.5) is 0 Å². The lowest BCUT2D eigenvalue weighted by atomic mass is 9.81. The molecule has 0 saturated heterocycles. The molecule has 6 nitrogen and oxygen atoms in total. The van der Waals surface area contributed by atoms with Crippen LogP contribution in [0.2, 0.25) is 0 Å². The maximum atomic E-state index is 9.66. The molecule has 1 aliphatic carbocycles. The Balaban J connectivity index is 2.06. The van der Waals surface area contributed by atoms with Gasteiger partial charge in [0, 0.05) is 24.2 Å². The predicted molar refractivity (Wildman–Crippen MR) is 80.0 cm³/mol. The highest BCUT2D eigenvalue weighted by atomic mass is 16.5. The molecule has 0 spiro atoms. The normalized spacial score (nSPS) is 22.8. The first kappa shape index (κ1) is 14.1. The average molecular weight is 299 g/mol. The Bertz CT molecular complexity index is 731. The number of ether oxygens (including phenoxy) is 1. The van der Waals surface area contributed by atoms with Crippen molar-refractivity contribution in [1.82, 2.24) is 5.32 Å². The van der Waals surface area contributed by atoms with Gasteiger partial charge in [-0.05, 0) is 31.1 Å². The molecule has 0 bridgehead atoms. The number of rotatable bonds is 2. The molecule has 1 aromatic rings. The van der Waals surface area contributed by atoms with E-state index in [2.05, 4.69) is 11.4 Å². The van der Waals surface area contributed by atoms with E-state index >= 15 is 0 Å². The van der Waals surface area contributed by atoms with Crippen molar-refractivity contribution in [3.05, 3.63) is 40.7 Å². The van der Waals surface area contributed by atoms with Crippen molar-refractivity contribution in [3.63, 3.8) is 0 Å². The van der Waals surface area contributed by atoms with Crippen LogP contribution in [0.25, 0.3) is 0 Å². The number of phenols is 2. The predicted octanol–water partition coefficient (Wildman–Crippen LogP) is 1.26. The zero-order valence-corrected chi connectivity index (χ0v) is 12.1. The number of fused-ring (bicyclic) bond motifs is 2. The van der Waals surface area contributed by atoms with Crippen LogP contribution >= 0.6 is 0 Å². The molecule has 114 valence electrons. The Morgan fingerprint density at radius 2 is 2.14 bits per heavy atom. The number of nitriles is 1. The molecule has 2 unspecified atom stereocenters. The fraction of sp³-hybridized carbons (Fsp3) is 0.312. The number of nitrogens with two attached hydrogens (primary N) is 1. The van der Waals surface area contributed by atoms with E-state index in [1.54, 1.807) is 6.08 Å². The lowest BCUT2D eigenvalue weighted by Gasteiger charge is -2.37. The highest BCUT2D eigenvalue weighted by Gasteiger charge is 2.37. The summed E-state index contributed by atoms with van der Waals surface area (Å²) in [6.07, 6.45) is 2.02. The molecule has 2 atom stereocenters. The lowest BCUT2D eigenvalue weighted by molar-refractivity contribution is 0.164. The van der Waals surface area contributed by atoms with Crippen LogP contribution in [0.15, 0.2) is 35.2 Å². The van der Waals surface area contributed by atoms with Gasteiger partial charge in [0.15, 0.2) is 11.5 Å². The van der Waals surface area contributed by atoms with Gasteiger partial charge in [0.05, 0.1) is 11.3 Å². The minimum Gasteiger partial charge on any atom is -0.504 e. The van der Waals surface area contributed by atoms with Crippen LogP contribution in [-0.2, 0) is 6.42 Å². The van der Waals surface area contributed by atoms with E-state index in [-0.39, 0.29) is 23.5 Å². The third-order valence-corrected chi connectivity index (χ3v) is 4.01. The number of nitrogens with zero attached hydrogens (tertiary/aromatic N) is 1. The highest BCUT2D eigenvalue weighted by molar-refractivity contribution is 5.54. The molecule has 5 N–H and O–H groups in total. The molecule has 0 amide bonds. The molecule has 1 aromatic carbocycles. The molecule has 3 rings (SSSR count). The fourth-order valence-corrected chi connectivity index (χ4v) is 3.00. The van der Waals surface area contributed by atoms with Crippen molar-refractivity contribution in [2.45, 2.75) is 19.4 Å². The van der Waals surface area contributed by atoms with E-state index in [4.69, 9.17) is 10.5 Å². The van der Waals surface area contributed by atoms with Gasteiger partial charge in [0.2, 0.25) is 0 Å². The van der Waals surface area contributed by atoms with Gasteiger partial charge in [-0.1, -0.05) is 0 Å². The van der Waals surface area contributed by atoms with Gasteiger partial charge in [-0.3, -0.25) is 0 Å². The Morgan fingerprint density at radius 1 is 1.41 bits per heavy atom. The molecule has 6 heteroatoms. The first-order valence-electron chi connectivity index (χ1n) is 7.12. The molecule has 0 aromatic heterocycles. The summed E-state index contributed by atoms with van der Waals surface area (Å²) in [5.41, 5.74) is 8.36. The van der Waals surface area contributed by atoms with Gasteiger partial charge in [-0.25, -0.2) is 0 Å². The Hall–Kier alpha value is -2.81. The van der Waals surface area contributed by atoms with Crippen molar-refractivity contribution < 1.29 is 14.9 Å². The average Bonchev–Trinajstić information content (AvgIpc) is 2.48. The second kappa shape index (κ2) is 5.19. The number of allylic oxidation sites excluding steroid dienone is 1. The van der Waals surface area contributed by atoms with Gasteiger partial charge in [0.25, 0.3) is 0 Å². The van der Waals surface area contributed by atoms with Gasteiger partial charge >= 0.3 is 0 Å². The number of hydrogen-bond acceptors (Lipinski definition) is 6. The molecule has 1 heterocycles. The Kier molecular flexibility index (Phi) is 3.33. The fourth-order valence-electron chi connectivity index (χ4n) is 3.00. The quantitative estimate of drug-likeness (QED) is 0.612. The molecule has 1 aliphatic heterocycles. The number of benzene rings is 1. The maximum absolute atomic E-state index is 9.66. The van der Waals surface area contributed by atoms with E-state index in [1.807, 2.05) is 6.92 Å². The third-order valence-electron chi connectivity index (χ3n) is 4.01. The van der Waals surface area contributed by atoms with Crippen molar-refractivity contribution in [1.29, 1.82) is 5.26 Å². The summed E-state index contributed by atoms with van der Waals surface area (Å²) in [6.45, 7) is 2.62. The van der Waals surface area contributed by atoms with Crippen LogP contribution in [0, 0.1) is 17.2 Å². The van der Waals surface area contributed by atoms with Crippen molar-refractivity contribution in [2.75, 3.05) is 6.54 Å². The highest BCUT2D eigenvalue weighted by Crippen LogP contribution is 2.42. The third kappa shape index (κ3) is 2.11. The van der Waals surface area contributed by atoms with Gasteiger partial charge in [-0.15, -0.1) is 0 Å². The molecular weight excluding hydrogens is 282 g/mol. The summed E-state index contributed by atoms with van der Waals surface area (Å²) in [4.78, 5) is 0. The summed E-state index contributed by atoms with van der Waals surface area (Å²) in [5, 5.41) is 31.8. The van der Waals surface area contributed by atoms with E-state index in [9.17, 15) is 15.5 Å². The van der Waals surface area contributed by atoms with Crippen LogP contribution in [0.3, 0.4) is 0 Å². The van der Waals surface area contributed by atoms with Crippen LogP contribution in [0.1, 0.15) is 12.5 Å². The topological polar surface area (TPSA) is 112 Å². The maximum Gasteiger partial charge on any atom is 0.161 e. The summed E-state index contributed by atoms with van der Waals surface area (Å²) in [5.74, 6) is 0.0569. The van der Waals surface area contributed by atoms with Gasteiger partial charge in [-0.2, -0.15) is 5.26 Å². The van der Waals surface area contributed by atoms with Gasteiger partial charge < -0.3 is 26.0 Å². The van der Waals surface area contributed by atoms with Crippen molar-refractivity contribution >= 4 is 0 Å². The molecular formula is C16H17N3O3. The second-order valence-corrected chi connectivity index (χ2v) is 5.39. The van der Waals surface area contributed by atoms with E-state index in [1.165, 1.54) is 12.1 Å². The monoisotopic (exact) mass is 299 g/mol. The molecule has 22 heavy (non-hydrogen) atoms. The summed E-state index contributed by atoms with van der Waals surface area (Å²) < 4.78 is 5.90. The molecule has 0 saturated carbocycles. The first-order valence-corrected chi connectivity index (χ1v) is 7.12. The van der Waals surface area contributed by atoms with Crippen molar-refractivity contribution in [3.8, 4) is 23.3 Å². The summed E-state index contributed by atoms with van der Waals surface area (Å²) >= 11 is 0. The van der Waals surface area contributed by atoms with Crippen LogP contribution < -0.4 is 15.8 Å². The van der Waals surface area contributed by atoms with E-state index < -0.39 is 0 Å². The Labute approximate surface area is 128 Å². The molecule has 0 fully saturated rings. The smallest absolute Gasteiger partial charge is 0.161 e. The van der Waals surface area contributed by atoms with E-state index in [0.29, 0.717) is 30.0 Å². The SMILES string of the molecule is CCNC1=C(C#N)C(N)=CC2Oc3cc(O)c(O)cc3CC12.